The number of nitrogens with one attached hydrogen (secondary N) is 1. The summed E-state index contributed by atoms with van der Waals surface area (Å²) in [4.78, 5) is 29.4. The van der Waals surface area contributed by atoms with Gasteiger partial charge in [0.15, 0.2) is 5.11 Å². The zero-order chi connectivity index (χ0) is 20.5. The molecule has 0 aliphatic carbocycles. The first kappa shape index (κ1) is 19.8. The number of carbonyl (C=O) groups excluding carboxylic acids is 2. The van der Waals surface area contributed by atoms with Crippen molar-refractivity contribution in [3.8, 4) is 0 Å². The Hall–Kier alpha value is -2.51. The molecule has 2 fully saturated rings. The summed E-state index contributed by atoms with van der Waals surface area (Å²) < 4.78 is 0.909. The fraction of sp³-hybridized carbons (Fsp3) is 0.227. The van der Waals surface area contributed by atoms with Gasteiger partial charge in [-0.2, -0.15) is 0 Å². The average Bonchev–Trinajstić information content (AvgIpc) is 3.22. The van der Waals surface area contributed by atoms with Crippen LogP contribution in [0, 0.1) is 6.92 Å². The quantitative estimate of drug-likeness (QED) is 0.415. The van der Waals surface area contributed by atoms with Crippen molar-refractivity contribution >= 4 is 62.5 Å². The van der Waals surface area contributed by atoms with Crippen LogP contribution in [0.15, 0.2) is 52.5 Å². The highest BCUT2D eigenvalue weighted by Gasteiger charge is 2.35. The van der Waals surface area contributed by atoms with Crippen molar-refractivity contribution in [1.82, 2.24) is 5.32 Å². The molecule has 2 aliphatic heterocycles. The molecule has 0 saturated carbocycles. The zero-order valence-corrected chi connectivity index (χ0v) is 18.3. The van der Waals surface area contributed by atoms with Crippen LogP contribution in [0.25, 0.3) is 6.08 Å². The highest BCUT2D eigenvalue weighted by Crippen LogP contribution is 2.28. The molecule has 0 atom stereocenters. The third-order valence-electron chi connectivity index (χ3n) is 5.18. The van der Waals surface area contributed by atoms with Crippen molar-refractivity contribution in [2.24, 2.45) is 0 Å². The number of nitrogens with zero attached hydrogens (tertiary/aromatic N) is 2. The summed E-state index contributed by atoms with van der Waals surface area (Å²) >= 11 is 8.71. The van der Waals surface area contributed by atoms with Gasteiger partial charge in [0.25, 0.3) is 11.8 Å². The second kappa shape index (κ2) is 8.08. The first-order valence-corrected chi connectivity index (χ1v) is 10.7. The highest BCUT2D eigenvalue weighted by molar-refractivity contribution is 9.10. The van der Waals surface area contributed by atoms with Crippen LogP contribution in [-0.2, 0) is 9.59 Å². The molecule has 2 aromatic rings. The molecule has 2 aliphatic rings. The number of hydrogen-bond acceptors (Lipinski definition) is 4. The molecule has 2 saturated heterocycles. The van der Waals surface area contributed by atoms with Crippen molar-refractivity contribution in [2.75, 3.05) is 22.9 Å². The van der Waals surface area contributed by atoms with E-state index in [1.54, 1.807) is 6.08 Å². The first-order valence-electron chi connectivity index (χ1n) is 9.46. The maximum Gasteiger partial charge on any atom is 0.270 e. The van der Waals surface area contributed by atoms with Crippen LogP contribution in [0.1, 0.15) is 24.0 Å². The minimum Gasteiger partial charge on any atom is -0.372 e. The number of benzene rings is 2. The van der Waals surface area contributed by atoms with Crippen molar-refractivity contribution in [2.45, 2.75) is 19.8 Å². The Kier molecular flexibility index (Phi) is 5.52. The van der Waals surface area contributed by atoms with E-state index in [2.05, 4.69) is 26.1 Å². The predicted molar refractivity (Wildman–Crippen MR) is 123 cm³/mol. The minimum atomic E-state index is -0.477. The topological polar surface area (TPSA) is 52.7 Å². The molecule has 2 amide bonds. The van der Waals surface area contributed by atoms with E-state index in [1.807, 2.05) is 49.4 Å². The maximum atomic E-state index is 13.2. The van der Waals surface area contributed by atoms with Gasteiger partial charge in [0, 0.05) is 23.2 Å². The molecule has 0 radical (unpaired) electrons. The Labute approximate surface area is 183 Å². The summed E-state index contributed by atoms with van der Waals surface area (Å²) in [5, 5.41) is 2.73. The molecule has 0 bridgehead atoms. The van der Waals surface area contributed by atoms with Crippen molar-refractivity contribution < 1.29 is 9.59 Å². The van der Waals surface area contributed by atoms with E-state index in [1.165, 1.54) is 17.7 Å². The molecule has 1 N–H and O–H groups in total. The summed E-state index contributed by atoms with van der Waals surface area (Å²) in [5.74, 6) is -0.901. The third-order valence-corrected chi connectivity index (χ3v) is 5.95. The van der Waals surface area contributed by atoms with Gasteiger partial charge in [-0.05, 0) is 79.5 Å². The van der Waals surface area contributed by atoms with Crippen LogP contribution in [0.3, 0.4) is 0 Å². The van der Waals surface area contributed by atoms with Crippen LogP contribution in [-0.4, -0.2) is 30.0 Å². The molecule has 0 aromatic heterocycles. The lowest BCUT2D eigenvalue weighted by Gasteiger charge is -2.30. The Bertz CT molecular complexity index is 1030. The molecular formula is C22H20BrN3O2S. The van der Waals surface area contributed by atoms with Gasteiger partial charge >= 0.3 is 0 Å². The molecule has 5 nitrogen and oxygen atoms in total. The Morgan fingerprint density at radius 3 is 2.41 bits per heavy atom. The lowest BCUT2D eigenvalue weighted by molar-refractivity contribution is -0.122. The van der Waals surface area contributed by atoms with Crippen LogP contribution < -0.4 is 15.1 Å². The molecule has 0 spiro atoms. The van der Waals surface area contributed by atoms with Gasteiger partial charge in [-0.25, -0.2) is 0 Å². The number of aryl methyl sites for hydroxylation is 1. The summed E-state index contributed by atoms with van der Waals surface area (Å²) in [7, 11) is 0. The average molecular weight is 470 g/mol. The van der Waals surface area contributed by atoms with E-state index in [4.69, 9.17) is 12.2 Å². The maximum absolute atomic E-state index is 13.2. The van der Waals surface area contributed by atoms with Crippen LogP contribution in [0.2, 0.25) is 0 Å². The van der Waals surface area contributed by atoms with Crippen LogP contribution in [0.5, 0.6) is 0 Å². The van der Waals surface area contributed by atoms with Crippen LogP contribution in [0.4, 0.5) is 11.4 Å². The minimum absolute atomic E-state index is 0.0647. The number of thiocarbonyl (C=S) groups is 1. The van der Waals surface area contributed by atoms with Gasteiger partial charge in [-0.1, -0.05) is 28.1 Å². The summed E-state index contributed by atoms with van der Waals surface area (Å²) in [5.41, 5.74) is 3.55. The Balaban J connectivity index is 1.64. The molecule has 4 rings (SSSR count). The van der Waals surface area contributed by atoms with Gasteiger partial charge < -0.3 is 4.90 Å². The number of amides is 2. The lowest BCUT2D eigenvalue weighted by atomic mass is 10.1. The fourth-order valence-corrected chi connectivity index (χ4v) is 4.42. The molecule has 0 unspecified atom stereocenters. The summed E-state index contributed by atoms with van der Waals surface area (Å²) in [6.07, 6.45) is 4.05. The number of hydrogen-bond donors (Lipinski definition) is 1. The molecular weight excluding hydrogens is 450 g/mol. The van der Waals surface area contributed by atoms with Gasteiger partial charge in [0.05, 0.1) is 5.69 Å². The lowest BCUT2D eigenvalue weighted by Crippen LogP contribution is -2.54. The molecule has 29 heavy (non-hydrogen) atoms. The third kappa shape index (κ3) is 3.97. The van der Waals surface area contributed by atoms with E-state index in [-0.39, 0.29) is 10.7 Å². The summed E-state index contributed by atoms with van der Waals surface area (Å²) in [6.45, 7) is 4.04. The normalized spacial score (nSPS) is 18.6. The number of anilines is 2. The van der Waals surface area contributed by atoms with E-state index in [0.29, 0.717) is 5.69 Å². The largest absolute Gasteiger partial charge is 0.372 e. The monoisotopic (exact) mass is 469 g/mol. The second-order valence-corrected chi connectivity index (χ2v) is 8.48. The molecule has 2 heterocycles. The van der Waals surface area contributed by atoms with Crippen molar-refractivity contribution in [3.05, 3.63) is 63.6 Å². The van der Waals surface area contributed by atoms with E-state index < -0.39 is 11.8 Å². The summed E-state index contributed by atoms with van der Waals surface area (Å²) in [6, 6.07) is 13.5. The number of carbonyl (C=O) groups is 2. The van der Waals surface area contributed by atoms with E-state index >= 15 is 0 Å². The second-order valence-electron chi connectivity index (χ2n) is 7.17. The van der Waals surface area contributed by atoms with Gasteiger partial charge in [-0.15, -0.1) is 0 Å². The van der Waals surface area contributed by atoms with E-state index in [9.17, 15) is 9.59 Å². The van der Waals surface area contributed by atoms with Crippen LogP contribution >= 0.6 is 28.1 Å². The van der Waals surface area contributed by atoms with Crippen molar-refractivity contribution in [3.63, 3.8) is 0 Å². The SMILES string of the molecule is Cc1cc(Br)ccc1N1C(=O)/C(=C/c2ccc(N3CCCC3)cc2)C(=O)NC1=S. The fourth-order valence-electron chi connectivity index (χ4n) is 3.67. The first-order chi connectivity index (χ1) is 13.9. The molecule has 2 aromatic carbocycles. The van der Waals surface area contributed by atoms with E-state index in [0.717, 1.165) is 34.4 Å². The highest BCUT2D eigenvalue weighted by atomic mass is 79.9. The molecule has 148 valence electrons. The van der Waals surface area contributed by atoms with Gasteiger partial charge in [-0.3, -0.25) is 19.8 Å². The zero-order valence-electron chi connectivity index (χ0n) is 15.9. The van der Waals surface area contributed by atoms with Gasteiger partial charge in [0.2, 0.25) is 0 Å². The Morgan fingerprint density at radius 2 is 1.76 bits per heavy atom. The van der Waals surface area contributed by atoms with Gasteiger partial charge in [0.1, 0.15) is 5.57 Å². The molecule has 7 heteroatoms. The Morgan fingerprint density at radius 1 is 1.07 bits per heavy atom. The number of rotatable bonds is 3. The predicted octanol–water partition coefficient (Wildman–Crippen LogP) is 4.19. The number of halogens is 1. The standard InChI is InChI=1S/C22H20BrN3O2S/c1-14-12-16(23)6-9-19(14)26-21(28)18(20(27)24-22(26)29)13-15-4-7-17(8-5-15)25-10-2-3-11-25/h4-9,12-13H,2-3,10-11H2,1H3,(H,24,27,29)/b18-13+. The van der Waals surface area contributed by atoms with Crippen molar-refractivity contribution in [1.29, 1.82) is 0 Å². The smallest absolute Gasteiger partial charge is 0.270 e.